The number of primary amides is 1. The van der Waals surface area contributed by atoms with Crippen LogP contribution >= 0.6 is 0 Å². The lowest BCUT2D eigenvalue weighted by molar-refractivity contribution is 0.100. The molecule has 0 bridgehead atoms. The number of carbonyl (C=O) groups is 1. The molecule has 1 saturated heterocycles. The van der Waals surface area contributed by atoms with Crippen LogP contribution in [0, 0.1) is 13.8 Å². The maximum Gasteiger partial charge on any atom is 0.252 e. The molecule has 1 aliphatic heterocycles. The van der Waals surface area contributed by atoms with Crippen LogP contribution in [0.3, 0.4) is 0 Å². The summed E-state index contributed by atoms with van der Waals surface area (Å²) in [5.41, 5.74) is 7.84. The largest absolute Gasteiger partial charge is 0.368 e. The van der Waals surface area contributed by atoms with Gasteiger partial charge in [0.15, 0.2) is 0 Å². The van der Waals surface area contributed by atoms with Crippen molar-refractivity contribution >= 4 is 11.7 Å². The Morgan fingerprint density at radius 1 is 1.55 bits per heavy atom. The van der Waals surface area contributed by atoms with E-state index in [-0.39, 0.29) is 0 Å². The number of pyridine rings is 1. The van der Waals surface area contributed by atoms with Crippen molar-refractivity contribution in [3.8, 4) is 0 Å². The van der Waals surface area contributed by atoms with Gasteiger partial charge in [0.2, 0.25) is 0 Å². The minimum absolute atomic E-state index is 0.429. The molecule has 2 heterocycles. The second kappa shape index (κ2) is 6.22. The number of aryl methyl sites for hydroxylation is 2. The number of carbonyl (C=O) groups excluding carboxylic acids is 1. The Morgan fingerprint density at radius 3 is 2.95 bits per heavy atom. The topological polar surface area (TPSA) is 71.2 Å². The van der Waals surface area contributed by atoms with E-state index in [1.165, 1.54) is 12.8 Å². The van der Waals surface area contributed by atoms with Crippen molar-refractivity contribution in [3.05, 3.63) is 22.9 Å². The predicted octanol–water partition coefficient (Wildman–Crippen LogP) is 1.69. The van der Waals surface area contributed by atoms with Gasteiger partial charge in [-0.3, -0.25) is 9.69 Å². The monoisotopic (exact) mass is 276 g/mol. The molecule has 0 unspecified atom stereocenters. The first kappa shape index (κ1) is 14.8. The highest BCUT2D eigenvalue weighted by Gasteiger charge is 2.23. The Morgan fingerprint density at radius 2 is 2.30 bits per heavy atom. The highest BCUT2D eigenvalue weighted by Crippen LogP contribution is 2.20. The van der Waals surface area contributed by atoms with Crippen molar-refractivity contribution in [2.45, 2.75) is 39.7 Å². The fourth-order valence-electron chi connectivity index (χ4n) is 2.79. The number of hydrogen-bond acceptors (Lipinski definition) is 4. The van der Waals surface area contributed by atoms with Crippen molar-refractivity contribution in [2.24, 2.45) is 5.73 Å². The van der Waals surface area contributed by atoms with E-state index in [4.69, 9.17) is 5.73 Å². The highest BCUT2D eigenvalue weighted by molar-refractivity contribution is 5.97. The van der Waals surface area contributed by atoms with Crippen molar-refractivity contribution in [3.63, 3.8) is 0 Å². The molecule has 1 aromatic rings. The molecular formula is C15H24N4O. The summed E-state index contributed by atoms with van der Waals surface area (Å²) in [6.45, 7) is 9.10. The third kappa shape index (κ3) is 3.10. The third-order valence-corrected chi connectivity index (χ3v) is 4.14. The van der Waals surface area contributed by atoms with Crippen LogP contribution in [0.1, 0.15) is 41.4 Å². The molecule has 0 spiro atoms. The molecule has 1 aliphatic rings. The average Bonchev–Trinajstić information content (AvgIpc) is 2.86. The van der Waals surface area contributed by atoms with Gasteiger partial charge < -0.3 is 11.1 Å². The van der Waals surface area contributed by atoms with Crippen LogP contribution in [-0.2, 0) is 0 Å². The van der Waals surface area contributed by atoms with E-state index in [2.05, 4.69) is 22.1 Å². The van der Waals surface area contributed by atoms with Crippen molar-refractivity contribution in [1.82, 2.24) is 9.88 Å². The van der Waals surface area contributed by atoms with Crippen molar-refractivity contribution in [1.29, 1.82) is 0 Å². The van der Waals surface area contributed by atoms with Gasteiger partial charge >= 0.3 is 0 Å². The Kier molecular flexibility index (Phi) is 4.60. The van der Waals surface area contributed by atoms with Gasteiger partial charge in [0.25, 0.3) is 5.91 Å². The van der Waals surface area contributed by atoms with E-state index in [0.717, 1.165) is 30.9 Å². The number of nitrogens with one attached hydrogen (secondary N) is 1. The molecule has 110 valence electrons. The zero-order valence-corrected chi connectivity index (χ0v) is 12.6. The fraction of sp³-hybridized carbons (Fsp3) is 0.600. The minimum atomic E-state index is -0.429. The molecule has 1 atom stereocenters. The second-order valence-electron chi connectivity index (χ2n) is 5.46. The molecule has 0 aliphatic carbocycles. The zero-order valence-electron chi connectivity index (χ0n) is 12.6. The van der Waals surface area contributed by atoms with Crippen LogP contribution in [-0.4, -0.2) is 41.5 Å². The van der Waals surface area contributed by atoms with Gasteiger partial charge in [0.05, 0.1) is 5.56 Å². The molecule has 0 aromatic carbocycles. The van der Waals surface area contributed by atoms with Crippen LogP contribution in [0.5, 0.6) is 0 Å². The molecule has 3 N–H and O–H groups in total. The smallest absolute Gasteiger partial charge is 0.252 e. The fourth-order valence-corrected chi connectivity index (χ4v) is 2.79. The maximum atomic E-state index is 11.5. The summed E-state index contributed by atoms with van der Waals surface area (Å²) in [4.78, 5) is 18.5. The van der Waals surface area contributed by atoms with E-state index >= 15 is 0 Å². The number of amides is 1. The number of likely N-dealkylation sites (tertiary alicyclic amines) is 1. The van der Waals surface area contributed by atoms with Crippen LogP contribution in [0.25, 0.3) is 0 Å². The van der Waals surface area contributed by atoms with Crippen LogP contribution < -0.4 is 11.1 Å². The number of aromatic nitrogens is 1. The van der Waals surface area contributed by atoms with E-state index in [9.17, 15) is 4.79 Å². The summed E-state index contributed by atoms with van der Waals surface area (Å²) >= 11 is 0. The number of anilines is 1. The SMILES string of the molecule is CCN1CCC[C@H]1CNc1nc(C)c(C)cc1C(N)=O. The van der Waals surface area contributed by atoms with E-state index in [1.807, 2.05) is 19.9 Å². The van der Waals surface area contributed by atoms with E-state index < -0.39 is 5.91 Å². The lowest BCUT2D eigenvalue weighted by Gasteiger charge is -2.23. The Hall–Kier alpha value is -1.62. The molecule has 0 saturated carbocycles. The Bertz CT molecular complexity index is 501. The summed E-state index contributed by atoms with van der Waals surface area (Å²) < 4.78 is 0. The number of likely N-dealkylation sites (N-methyl/N-ethyl adjacent to an activating group) is 1. The summed E-state index contributed by atoms with van der Waals surface area (Å²) in [6, 6.07) is 2.34. The lowest BCUT2D eigenvalue weighted by atomic mass is 10.1. The zero-order chi connectivity index (χ0) is 14.7. The normalized spacial score (nSPS) is 19.2. The summed E-state index contributed by atoms with van der Waals surface area (Å²) in [5, 5.41) is 3.32. The predicted molar refractivity (Wildman–Crippen MR) is 81.0 cm³/mol. The first-order valence-corrected chi connectivity index (χ1v) is 7.29. The van der Waals surface area contributed by atoms with Gasteiger partial charge in [-0.2, -0.15) is 0 Å². The van der Waals surface area contributed by atoms with Gasteiger partial charge in [0.1, 0.15) is 5.82 Å². The standard InChI is InChI=1S/C15H24N4O/c1-4-19-7-5-6-12(19)9-17-15-13(14(16)20)8-10(2)11(3)18-15/h8,12H,4-7,9H2,1-3H3,(H2,16,20)(H,17,18)/t12-/m0/s1. The van der Waals surface area contributed by atoms with Crippen LogP contribution in [0.4, 0.5) is 5.82 Å². The summed E-state index contributed by atoms with van der Waals surface area (Å²) in [7, 11) is 0. The first-order chi connectivity index (χ1) is 9.52. The molecular weight excluding hydrogens is 252 g/mol. The third-order valence-electron chi connectivity index (χ3n) is 4.14. The van der Waals surface area contributed by atoms with Gasteiger partial charge in [0, 0.05) is 18.3 Å². The van der Waals surface area contributed by atoms with E-state index in [1.54, 1.807) is 0 Å². The van der Waals surface area contributed by atoms with Gasteiger partial charge in [-0.05, 0) is 51.4 Å². The van der Waals surface area contributed by atoms with Crippen molar-refractivity contribution < 1.29 is 4.79 Å². The summed E-state index contributed by atoms with van der Waals surface area (Å²) in [5.74, 6) is 0.186. The average molecular weight is 276 g/mol. The molecule has 5 heteroatoms. The molecule has 2 rings (SSSR count). The van der Waals surface area contributed by atoms with Gasteiger partial charge in [-0.15, -0.1) is 0 Å². The molecule has 1 amide bonds. The number of rotatable bonds is 5. The Balaban J connectivity index is 2.12. The first-order valence-electron chi connectivity index (χ1n) is 7.29. The lowest BCUT2D eigenvalue weighted by Crippen LogP contribution is -2.35. The summed E-state index contributed by atoms with van der Waals surface area (Å²) in [6.07, 6.45) is 2.43. The molecule has 0 radical (unpaired) electrons. The van der Waals surface area contributed by atoms with Gasteiger partial charge in [-0.1, -0.05) is 6.92 Å². The second-order valence-corrected chi connectivity index (χ2v) is 5.46. The van der Waals surface area contributed by atoms with Crippen LogP contribution in [0.2, 0.25) is 0 Å². The maximum absolute atomic E-state index is 11.5. The molecule has 1 aromatic heterocycles. The number of nitrogens with zero attached hydrogens (tertiary/aromatic N) is 2. The molecule has 5 nitrogen and oxygen atoms in total. The van der Waals surface area contributed by atoms with Crippen molar-refractivity contribution in [2.75, 3.05) is 25.0 Å². The van der Waals surface area contributed by atoms with E-state index in [0.29, 0.717) is 17.4 Å². The Labute approximate surface area is 120 Å². The number of hydrogen-bond donors (Lipinski definition) is 2. The van der Waals surface area contributed by atoms with Crippen LogP contribution in [0.15, 0.2) is 6.07 Å². The quantitative estimate of drug-likeness (QED) is 0.858. The molecule has 20 heavy (non-hydrogen) atoms. The van der Waals surface area contributed by atoms with Gasteiger partial charge in [-0.25, -0.2) is 4.98 Å². The minimum Gasteiger partial charge on any atom is -0.368 e. The highest BCUT2D eigenvalue weighted by atomic mass is 16.1. The number of nitrogens with two attached hydrogens (primary N) is 1. The molecule has 1 fully saturated rings.